The van der Waals surface area contributed by atoms with Crippen LogP contribution in [-0.2, 0) is 17.9 Å². The summed E-state index contributed by atoms with van der Waals surface area (Å²) in [4.78, 5) is 38.0. The van der Waals surface area contributed by atoms with Crippen molar-refractivity contribution >= 4 is 27.5 Å². The van der Waals surface area contributed by atoms with Gasteiger partial charge in [0.15, 0.2) is 0 Å². The first-order chi connectivity index (χ1) is 12.9. The van der Waals surface area contributed by atoms with E-state index in [-0.39, 0.29) is 24.6 Å². The highest BCUT2D eigenvalue weighted by molar-refractivity contribution is 7.17. The van der Waals surface area contributed by atoms with Crippen LogP contribution in [0.4, 0.5) is 0 Å². The Balaban J connectivity index is 2.07. The van der Waals surface area contributed by atoms with Gasteiger partial charge in [-0.15, -0.1) is 11.3 Å². The quantitative estimate of drug-likeness (QED) is 0.708. The Bertz CT molecular complexity index is 1110. The molecule has 7 heteroatoms. The molecule has 0 aliphatic heterocycles. The molecule has 1 amide bonds. The highest BCUT2D eigenvalue weighted by atomic mass is 32.1. The summed E-state index contributed by atoms with van der Waals surface area (Å²) < 4.78 is 3.09. The van der Waals surface area contributed by atoms with Crippen molar-refractivity contribution < 1.29 is 4.79 Å². The number of benzene rings is 1. The van der Waals surface area contributed by atoms with E-state index in [2.05, 4.69) is 5.32 Å². The maximum atomic E-state index is 13.0. The van der Waals surface area contributed by atoms with Crippen LogP contribution in [0.3, 0.4) is 0 Å². The molecule has 0 aliphatic carbocycles. The van der Waals surface area contributed by atoms with Gasteiger partial charge < -0.3 is 5.32 Å². The lowest BCUT2D eigenvalue weighted by molar-refractivity contribution is -0.121. The average Bonchev–Trinajstić information content (AvgIpc) is 3.13. The van der Waals surface area contributed by atoms with E-state index in [1.54, 1.807) is 11.4 Å². The van der Waals surface area contributed by atoms with Crippen LogP contribution < -0.4 is 16.6 Å². The van der Waals surface area contributed by atoms with Crippen LogP contribution in [-0.4, -0.2) is 21.6 Å². The Morgan fingerprint density at radius 2 is 1.89 bits per heavy atom. The molecular formula is C20H23N3O3S. The van der Waals surface area contributed by atoms with Crippen LogP contribution in [0.15, 0.2) is 39.2 Å². The summed E-state index contributed by atoms with van der Waals surface area (Å²) in [5.41, 5.74) is 2.89. The maximum absolute atomic E-state index is 13.0. The van der Waals surface area contributed by atoms with Crippen LogP contribution in [0.5, 0.6) is 0 Å². The molecule has 1 aromatic carbocycles. The van der Waals surface area contributed by atoms with Crippen LogP contribution in [0, 0.1) is 13.8 Å². The van der Waals surface area contributed by atoms with Gasteiger partial charge in [-0.1, -0.05) is 25.1 Å². The smallest absolute Gasteiger partial charge is 0.332 e. The lowest BCUT2D eigenvalue weighted by atomic mass is 10.1. The van der Waals surface area contributed by atoms with E-state index in [1.165, 1.54) is 20.5 Å². The number of hydrogen-bond acceptors (Lipinski definition) is 4. The fraction of sp³-hybridized carbons (Fsp3) is 0.350. The van der Waals surface area contributed by atoms with E-state index in [0.717, 1.165) is 23.1 Å². The van der Waals surface area contributed by atoms with Crippen LogP contribution in [0.25, 0.3) is 10.2 Å². The zero-order valence-electron chi connectivity index (χ0n) is 15.7. The summed E-state index contributed by atoms with van der Waals surface area (Å²) in [6.07, 6.45) is 0.820. The first kappa shape index (κ1) is 19.1. The largest absolute Gasteiger partial charge is 0.355 e. The molecule has 3 aromatic rings. The Kier molecular flexibility index (Phi) is 5.60. The van der Waals surface area contributed by atoms with Gasteiger partial charge in [0.25, 0.3) is 5.56 Å². The van der Waals surface area contributed by atoms with Crippen molar-refractivity contribution in [1.82, 2.24) is 14.5 Å². The molecule has 0 fully saturated rings. The van der Waals surface area contributed by atoms with Gasteiger partial charge in [0.05, 0.1) is 12.1 Å². The molecule has 0 bridgehead atoms. The van der Waals surface area contributed by atoms with E-state index in [9.17, 15) is 14.4 Å². The van der Waals surface area contributed by atoms with Crippen molar-refractivity contribution in [2.24, 2.45) is 0 Å². The highest BCUT2D eigenvalue weighted by Crippen LogP contribution is 2.16. The number of aryl methyl sites for hydroxylation is 2. The fourth-order valence-electron chi connectivity index (χ4n) is 2.97. The van der Waals surface area contributed by atoms with Crippen molar-refractivity contribution in [3.05, 3.63) is 67.2 Å². The van der Waals surface area contributed by atoms with Crippen molar-refractivity contribution in [2.45, 2.75) is 40.3 Å². The number of rotatable bonds is 6. The average molecular weight is 385 g/mol. The van der Waals surface area contributed by atoms with Crippen LogP contribution >= 0.6 is 11.3 Å². The predicted molar refractivity (Wildman–Crippen MR) is 109 cm³/mol. The number of thiophene rings is 1. The van der Waals surface area contributed by atoms with Crippen molar-refractivity contribution in [3.63, 3.8) is 0 Å². The molecule has 0 unspecified atom stereocenters. The zero-order valence-corrected chi connectivity index (χ0v) is 16.6. The minimum atomic E-state index is -0.462. The second-order valence-electron chi connectivity index (χ2n) is 6.66. The van der Waals surface area contributed by atoms with E-state index in [1.807, 2.05) is 39.0 Å². The first-order valence-electron chi connectivity index (χ1n) is 8.96. The van der Waals surface area contributed by atoms with Crippen molar-refractivity contribution in [2.75, 3.05) is 6.54 Å². The van der Waals surface area contributed by atoms with Gasteiger partial charge in [0.1, 0.15) is 11.2 Å². The number of hydrogen-bond donors (Lipinski definition) is 1. The first-order valence-corrected chi connectivity index (χ1v) is 9.84. The van der Waals surface area contributed by atoms with Crippen molar-refractivity contribution in [1.29, 1.82) is 0 Å². The van der Waals surface area contributed by atoms with Crippen LogP contribution in [0.2, 0.25) is 0 Å². The molecule has 0 spiro atoms. The Hall–Kier alpha value is -2.67. The van der Waals surface area contributed by atoms with E-state index < -0.39 is 5.69 Å². The summed E-state index contributed by atoms with van der Waals surface area (Å²) in [7, 11) is 0. The maximum Gasteiger partial charge on any atom is 0.332 e. The van der Waals surface area contributed by atoms with Gasteiger partial charge in [0, 0.05) is 6.54 Å². The molecule has 6 nitrogen and oxygen atoms in total. The molecular weight excluding hydrogens is 362 g/mol. The molecule has 142 valence electrons. The summed E-state index contributed by atoms with van der Waals surface area (Å²) in [6, 6.07) is 7.61. The minimum absolute atomic E-state index is 0.0979. The number of nitrogens with zero attached hydrogens (tertiary/aromatic N) is 2. The number of nitrogens with one attached hydrogen (secondary N) is 1. The monoisotopic (exact) mass is 385 g/mol. The Labute approximate surface area is 161 Å². The van der Waals surface area contributed by atoms with E-state index in [0.29, 0.717) is 16.8 Å². The van der Waals surface area contributed by atoms with E-state index in [4.69, 9.17) is 0 Å². The number of carbonyl (C=O) groups is 1. The summed E-state index contributed by atoms with van der Waals surface area (Å²) >= 11 is 1.29. The van der Waals surface area contributed by atoms with Crippen LogP contribution in [0.1, 0.15) is 30.0 Å². The molecule has 0 aliphatic rings. The molecule has 0 saturated carbocycles. The van der Waals surface area contributed by atoms with Gasteiger partial charge in [-0.3, -0.25) is 18.7 Å². The van der Waals surface area contributed by atoms with E-state index >= 15 is 0 Å². The number of carbonyl (C=O) groups excluding carboxylic acids is 1. The third-order valence-electron chi connectivity index (χ3n) is 4.62. The molecule has 0 radical (unpaired) electrons. The molecule has 0 saturated heterocycles. The topological polar surface area (TPSA) is 73.1 Å². The molecule has 3 rings (SSSR count). The lowest BCUT2D eigenvalue weighted by Crippen LogP contribution is -2.42. The minimum Gasteiger partial charge on any atom is -0.355 e. The molecule has 2 heterocycles. The molecule has 1 N–H and O–H groups in total. The summed E-state index contributed by atoms with van der Waals surface area (Å²) in [5, 5.41) is 4.55. The molecule has 2 aromatic heterocycles. The van der Waals surface area contributed by atoms with Gasteiger partial charge in [0.2, 0.25) is 5.91 Å². The zero-order chi connectivity index (χ0) is 19.6. The fourth-order valence-corrected chi connectivity index (χ4v) is 3.82. The molecule has 0 atom stereocenters. The summed E-state index contributed by atoms with van der Waals surface area (Å²) in [5.74, 6) is -0.233. The van der Waals surface area contributed by atoms with Gasteiger partial charge in [-0.05, 0) is 48.4 Å². The number of fused-ring (bicyclic) bond motifs is 1. The number of aromatic nitrogens is 2. The Morgan fingerprint density at radius 3 is 2.59 bits per heavy atom. The SMILES string of the molecule is CCCNC(=O)Cn1c(=O)n(Cc2ccc(C)c(C)c2)c(=O)c2sccc21. The second kappa shape index (κ2) is 7.92. The third kappa shape index (κ3) is 3.88. The normalized spacial score (nSPS) is 11.1. The molecule has 27 heavy (non-hydrogen) atoms. The van der Waals surface area contributed by atoms with Crippen molar-refractivity contribution in [3.8, 4) is 0 Å². The van der Waals surface area contributed by atoms with Gasteiger partial charge in [-0.2, -0.15) is 0 Å². The van der Waals surface area contributed by atoms with Gasteiger partial charge in [-0.25, -0.2) is 4.79 Å². The number of amides is 1. The Morgan fingerprint density at radius 1 is 1.11 bits per heavy atom. The lowest BCUT2D eigenvalue weighted by Gasteiger charge is -2.13. The second-order valence-corrected chi connectivity index (χ2v) is 7.58. The predicted octanol–water partition coefficient (Wildman–Crippen LogP) is 2.42. The highest BCUT2D eigenvalue weighted by Gasteiger charge is 2.16. The van der Waals surface area contributed by atoms with Gasteiger partial charge >= 0.3 is 5.69 Å². The third-order valence-corrected chi connectivity index (χ3v) is 5.51. The standard InChI is InChI=1S/C20H23N3O3S/c1-4-8-21-17(24)12-22-16-7-9-27-18(16)19(25)23(20(22)26)11-15-6-5-13(2)14(3)10-15/h5-7,9-10H,4,8,11-12H2,1-3H3,(H,21,24). The summed E-state index contributed by atoms with van der Waals surface area (Å²) in [6.45, 7) is 6.63.